The molecule has 0 radical (unpaired) electrons. The third-order valence-electron chi connectivity index (χ3n) is 3.65. The zero-order valence-electron chi connectivity index (χ0n) is 14.1. The van der Waals surface area contributed by atoms with Crippen LogP contribution < -0.4 is 14.2 Å². The fraction of sp³-hybridized carbons (Fsp3) is 0.294. The summed E-state index contributed by atoms with van der Waals surface area (Å²) in [5.41, 5.74) is -0.166. The average Bonchev–Trinajstić information content (AvgIpc) is 2.60. The summed E-state index contributed by atoms with van der Waals surface area (Å²) in [6.45, 7) is 0.0219. The lowest BCUT2D eigenvalue weighted by Crippen LogP contribution is -2.26. The second-order valence-electron chi connectivity index (χ2n) is 5.36. The van der Waals surface area contributed by atoms with Crippen molar-refractivity contribution in [3.8, 4) is 11.5 Å². The Hall–Kier alpha value is -2.26. The maximum Gasteiger partial charge on any atom is 0.416 e. The normalized spacial score (nSPS) is 12.0. The molecule has 0 amide bonds. The van der Waals surface area contributed by atoms with Crippen LogP contribution in [0.2, 0.25) is 0 Å². The maximum atomic E-state index is 12.5. The number of hydrogen-bond donors (Lipinski definition) is 1. The van der Waals surface area contributed by atoms with Crippen molar-refractivity contribution in [1.29, 1.82) is 0 Å². The molecule has 142 valence electrons. The quantitative estimate of drug-likeness (QED) is 0.790. The van der Waals surface area contributed by atoms with Gasteiger partial charge >= 0.3 is 6.18 Å². The van der Waals surface area contributed by atoms with E-state index in [1.807, 2.05) is 0 Å². The van der Waals surface area contributed by atoms with Gasteiger partial charge in [0.25, 0.3) is 0 Å². The highest BCUT2D eigenvalue weighted by atomic mass is 32.2. The number of halogens is 3. The summed E-state index contributed by atoms with van der Waals surface area (Å²) in [6, 6.07) is 8.96. The molecule has 0 saturated heterocycles. The minimum absolute atomic E-state index is 0.0219. The van der Waals surface area contributed by atoms with Gasteiger partial charge in [-0.25, -0.2) is 13.1 Å². The highest BCUT2D eigenvalue weighted by molar-refractivity contribution is 7.89. The Bertz CT molecular complexity index is 849. The van der Waals surface area contributed by atoms with Crippen LogP contribution in [0.1, 0.15) is 11.1 Å². The van der Waals surface area contributed by atoms with Gasteiger partial charge in [0.2, 0.25) is 10.0 Å². The van der Waals surface area contributed by atoms with Crippen molar-refractivity contribution < 1.29 is 31.1 Å². The van der Waals surface area contributed by atoms with Crippen LogP contribution in [0, 0.1) is 0 Å². The van der Waals surface area contributed by atoms with Crippen molar-refractivity contribution in [2.75, 3.05) is 20.8 Å². The summed E-state index contributed by atoms with van der Waals surface area (Å²) in [5, 5.41) is 0. The van der Waals surface area contributed by atoms with Crippen molar-refractivity contribution >= 4 is 10.0 Å². The van der Waals surface area contributed by atoms with Gasteiger partial charge in [0, 0.05) is 12.6 Å². The van der Waals surface area contributed by atoms with Crippen molar-refractivity contribution in [3.63, 3.8) is 0 Å². The van der Waals surface area contributed by atoms with Crippen LogP contribution in [-0.2, 0) is 22.6 Å². The van der Waals surface area contributed by atoms with Crippen LogP contribution in [0.3, 0.4) is 0 Å². The molecule has 0 atom stereocenters. The number of ether oxygens (including phenoxy) is 2. The van der Waals surface area contributed by atoms with E-state index in [-0.39, 0.29) is 23.6 Å². The number of sulfonamides is 1. The van der Waals surface area contributed by atoms with Crippen molar-refractivity contribution in [2.24, 2.45) is 0 Å². The largest absolute Gasteiger partial charge is 0.497 e. The first kappa shape index (κ1) is 20.1. The Balaban J connectivity index is 2.07. The zero-order chi connectivity index (χ0) is 19.4. The molecule has 2 aromatic carbocycles. The number of hydrogen-bond acceptors (Lipinski definition) is 4. The van der Waals surface area contributed by atoms with Crippen LogP contribution in [0.25, 0.3) is 0 Å². The van der Waals surface area contributed by atoms with Gasteiger partial charge in [0.1, 0.15) is 16.4 Å². The number of benzene rings is 2. The molecule has 0 heterocycles. The van der Waals surface area contributed by atoms with Gasteiger partial charge in [0.15, 0.2) is 0 Å². The van der Waals surface area contributed by atoms with E-state index in [0.29, 0.717) is 11.3 Å². The summed E-state index contributed by atoms with van der Waals surface area (Å²) in [6.07, 6.45) is -4.16. The lowest BCUT2D eigenvalue weighted by atomic mass is 10.1. The standard InChI is InChI=1S/C17H18F3NO4S/c1-24-14-7-8-15(25-2)16(11-14)26(22,23)21-10-9-12-3-5-13(6-4-12)17(18,19)20/h3-8,11,21H,9-10H2,1-2H3. The van der Waals surface area contributed by atoms with E-state index in [4.69, 9.17) is 9.47 Å². The van der Waals surface area contributed by atoms with Crippen LogP contribution in [0.15, 0.2) is 47.4 Å². The Labute approximate surface area is 149 Å². The first-order valence-corrected chi connectivity index (χ1v) is 9.03. The van der Waals surface area contributed by atoms with Crippen molar-refractivity contribution in [1.82, 2.24) is 4.72 Å². The van der Waals surface area contributed by atoms with E-state index < -0.39 is 21.8 Å². The lowest BCUT2D eigenvalue weighted by Gasteiger charge is -2.12. The van der Waals surface area contributed by atoms with E-state index in [9.17, 15) is 21.6 Å². The van der Waals surface area contributed by atoms with Crippen LogP contribution in [0.5, 0.6) is 11.5 Å². The Morgan fingerprint density at radius 2 is 1.65 bits per heavy atom. The van der Waals surface area contributed by atoms with E-state index in [1.165, 1.54) is 38.5 Å². The molecule has 2 rings (SSSR count). The average molecular weight is 389 g/mol. The van der Waals surface area contributed by atoms with Crippen molar-refractivity contribution in [3.05, 3.63) is 53.6 Å². The molecule has 0 aromatic heterocycles. The third kappa shape index (κ3) is 4.89. The van der Waals surface area contributed by atoms with Gasteiger partial charge in [-0.2, -0.15) is 13.2 Å². The minimum Gasteiger partial charge on any atom is -0.497 e. The van der Waals surface area contributed by atoms with E-state index in [1.54, 1.807) is 6.07 Å². The Morgan fingerprint density at radius 1 is 1.00 bits per heavy atom. The molecule has 0 spiro atoms. The number of alkyl halides is 3. The molecule has 0 fully saturated rings. The van der Waals surface area contributed by atoms with Gasteiger partial charge in [-0.1, -0.05) is 12.1 Å². The van der Waals surface area contributed by atoms with Crippen molar-refractivity contribution in [2.45, 2.75) is 17.5 Å². The molecule has 0 unspecified atom stereocenters. The SMILES string of the molecule is COc1ccc(OC)c(S(=O)(=O)NCCc2ccc(C(F)(F)F)cc2)c1. The summed E-state index contributed by atoms with van der Waals surface area (Å²) < 4.78 is 75.0. The smallest absolute Gasteiger partial charge is 0.416 e. The first-order chi connectivity index (χ1) is 12.2. The molecule has 1 N–H and O–H groups in total. The van der Waals surface area contributed by atoms with E-state index in [0.717, 1.165) is 12.1 Å². The molecule has 26 heavy (non-hydrogen) atoms. The van der Waals surface area contributed by atoms with Gasteiger partial charge in [-0.3, -0.25) is 0 Å². The third-order valence-corrected chi connectivity index (χ3v) is 5.13. The monoisotopic (exact) mass is 389 g/mol. The predicted octanol–water partition coefficient (Wildman–Crippen LogP) is 3.24. The summed E-state index contributed by atoms with van der Waals surface area (Å²) >= 11 is 0. The van der Waals surface area contributed by atoms with Gasteiger partial charge < -0.3 is 9.47 Å². The molecule has 0 aliphatic carbocycles. The summed E-state index contributed by atoms with van der Waals surface area (Å²) in [5.74, 6) is 0.516. The lowest BCUT2D eigenvalue weighted by molar-refractivity contribution is -0.137. The summed E-state index contributed by atoms with van der Waals surface area (Å²) in [7, 11) is -1.11. The predicted molar refractivity (Wildman–Crippen MR) is 89.9 cm³/mol. The molecular weight excluding hydrogens is 371 g/mol. The minimum atomic E-state index is -4.40. The number of rotatable bonds is 7. The second kappa shape index (κ2) is 7.96. The van der Waals surface area contributed by atoms with E-state index >= 15 is 0 Å². The topological polar surface area (TPSA) is 64.6 Å². The fourth-order valence-corrected chi connectivity index (χ4v) is 3.48. The number of nitrogens with one attached hydrogen (secondary N) is 1. The molecule has 5 nitrogen and oxygen atoms in total. The maximum absolute atomic E-state index is 12.5. The molecule has 2 aromatic rings. The Morgan fingerprint density at radius 3 is 2.19 bits per heavy atom. The molecule has 9 heteroatoms. The van der Waals surface area contributed by atoms with Crippen LogP contribution in [-0.4, -0.2) is 29.2 Å². The molecule has 0 bridgehead atoms. The molecular formula is C17H18F3NO4S. The Kier molecular flexibility index (Phi) is 6.14. The summed E-state index contributed by atoms with van der Waals surface area (Å²) in [4.78, 5) is -0.0771. The van der Waals surface area contributed by atoms with E-state index in [2.05, 4.69) is 4.72 Å². The molecule has 0 aliphatic heterocycles. The van der Waals surface area contributed by atoms with Gasteiger partial charge in [-0.05, 0) is 36.2 Å². The number of methoxy groups -OCH3 is 2. The highest BCUT2D eigenvalue weighted by Gasteiger charge is 2.29. The molecule has 0 aliphatic rings. The van der Waals surface area contributed by atoms with Gasteiger partial charge in [-0.15, -0.1) is 0 Å². The highest BCUT2D eigenvalue weighted by Crippen LogP contribution is 2.29. The van der Waals surface area contributed by atoms with Crippen LogP contribution in [0.4, 0.5) is 13.2 Å². The first-order valence-electron chi connectivity index (χ1n) is 7.55. The second-order valence-corrected chi connectivity index (χ2v) is 7.09. The zero-order valence-corrected chi connectivity index (χ0v) is 14.9. The fourth-order valence-electron chi connectivity index (χ4n) is 2.26. The van der Waals surface area contributed by atoms with Gasteiger partial charge in [0.05, 0.1) is 19.8 Å². The van der Waals surface area contributed by atoms with Crippen LogP contribution >= 0.6 is 0 Å². The molecule has 0 saturated carbocycles.